The number of H-pyrrole nitrogens is 1. The Balaban J connectivity index is 1.51. The fourth-order valence-corrected chi connectivity index (χ4v) is 4.12. The van der Waals surface area contributed by atoms with E-state index >= 15 is 0 Å². The Morgan fingerprint density at radius 3 is 2.54 bits per heavy atom. The molecule has 0 saturated carbocycles. The van der Waals surface area contributed by atoms with Crippen molar-refractivity contribution in [2.75, 3.05) is 13.1 Å². The summed E-state index contributed by atoms with van der Waals surface area (Å²) in [6.45, 7) is 0.853. The van der Waals surface area contributed by atoms with Gasteiger partial charge in [-0.2, -0.15) is 13.2 Å². The lowest BCUT2D eigenvalue weighted by molar-refractivity contribution is -0.138. The van der Waals surface area contributed by atoms with Gasteiger partial charge in [-0.1, -0.05) is 35.9 Å². The number of benzene rings is 2. The van der Waals surface area contributed by atoms with Gasteiger partial charge in [0, 0.05) is 35.2 Å². The number of likely N-dealkylation sites (tertiary alicyclic amines) is 1. The van der Waals surface area contributed by atoms with Gasteiger partial charge in [-0.05, 0) is 42.5 Å². The van der Waals surface area contributed by atoms with Gasteiger partial charge in [0.15, 0.2) is 0 Å². The molecule has 1 fully saturated rings. The first-order valence-corrected chi connectivity index (χ1v) is 9.44. The van der Waals surface area contributed by atoms with Crippen LogP contribution in [0.5, 0.6) is 0 Å². The van der Waals surface area contributed by atoms with Gasteiger partial charge in [0.1, 0.15) is 0 Å². The highest BCUT2D eigenvalue weighted by Crippen LogP contribution is 2.39. The van der Waals surface area contributed by atoms with Gasteiger partial charge in [0.2, 0.25) is 0 Å². The number of carbonyl (C=O) groups is 1. The predicted molar refractivity (Wildman–Crippen MR) is 103 cm³/mol. The molecule has 1 amide bonds. The Hall–Kier alpha value is -2.47. The van der Waals surface area contributed by atoms with Crippen molar-refractivity contribution in [2.24, 2.45) is 0 Å². The van der Waals surface area contributed by atoms with Gasteiger partial charge in [0.25, 0.3) is 5.91 Å². The summed E-state index contributed by atoms with van der Waals surface area (Å²) in [5.74, 6) is -0.320. The molecule has 0 atom stereocenters. The van der Waals surface area contributed by atoms with Gasteiger partial charge in [-0.25, -0.2) is 0 Å². The summed E-state index contributed by atoms with van der Waals surface area (Å²) in [7, 11) is 0. The van der Waals surface area contributed by atoms with E-state index in [2.05, 4.69) is 4.98 Å². The van der Waals surface area contributed by atoms with Crippen LogP contribution in [0.15, 0.2) is 48.7 Å². The fourth-order valence-electron chi connectivity index (χ4n) is 3.95. The molecular formula is C21H18ClF3N2O. The van der Waals surface area contributed by atoms with E-state index in [1.165, 1.54) is 6.07 Å². The molecule has 0 radical (unpaired) electrons. The molecule has 3 aromatic rings. The van der Waals surface area contributed by atoms with E-state index in [0.29, 0.717) is 42.1 Å². The topological polar surface area (TPSA) is 36.1 Å². The maximum Gasteiger partial charge on any atom is 0.416 e. The quantitative estimate of drug-likeness (QED) is 0.568. The number of rotatable bonds is 2. The maximum absolute atomic E-state index is 13.3. The van der Waals surface area contributed by atoms with Crippen LogP contribution in [0.2, 0.25) is 5.02 Å². The van der Waals surface area contributed by atoms with Crippen molar-refractivity contribution in [2.45, 2.75) is 24.9 Å². The van der Waals surface area contributed by atoms with E-state index in [4.69, 9.17) is 11.6 Å². The number of hydrogen-bond donors (Lipinski definition) is 1. The van der Waals surface area contributed by atoms with Crippen LogP contribution in [0.3, 0.4) is 0 Å². The average Bonchev–Trinajstić information content (AvgIpc) is 3.10. The molecule has 0 bridgehead atoms. The van der Waals surface area contributed by atoms with Crippen LogP contribution >= 0.6 is 11.6 Å². The molecule has 2 heterocycles. The second kappa shape index (κ2) is 7.17. The molecule has 0 unspecified atom stereocenters. The summed E-state index contributed by atoms with van der Waals surface area (Å²) >= 11 is 5.98. The summed E-state index contributed by atoms with van der Waals surface area (Å²) in [6.07, 6.45) is -1.69. The van der Waals surface area contributed by atoms with E-state index in [1.54, 1.807) is 41.4 Å². The molecule has 1 aliphatic heterocycles. The SMILES string of the molecule is O=C(c1c[nH]c2cc(Cl)ccc12)N1CCC(c2ccccc2C(F)(F)F)CC1. The average molecular weight is 407 g/mol. The molecule has 1 aromatic heterocycles. The molecule has 146 valence electrons. The van der Waals surface area contributed by atoms with Crippen LogP contribution in [-0.2, 0) is 6.18 Å². The first-order chi connectivity index (χ1) is 13.3. The highest BCUT2D eigenvalue weighted by Gasteiger charge is 2.36. The zero-order chi connectivity index (χ0) is 19.9. The molecule has 1 N–H and O–H groups in total. The minimum Gasteiger partial charge on any atom is -0.360 e. The monoisotopic (exact) mass is 406 g/mol. The van der Waals surface area contributed by atoms with Crippen LogP contribution in [0.4, 0.5) is 13.2 Å². The molecule has 0 aliphatic carbocycles. The zero-order valence-electron chi connectivity index (χ0n) is 14.9. The molecule has 2 aromatic carbocycles. The number of piperidine rings is 1. The van der Waals surface area contributed by atoms with Crippen molar-refractivity contribution < 1.29 is 18.0 Å². The Morgan fingerprint density at radius 1 is 1.11 bits per heavy atom. The number of halogens is 4. The minimum atomic E-state index is -4.37. The van der Waals surface area contributed by atoms with E-state index in [-0.39, 0.29) is 11.8 Å². The lowest BCUT2D eigenvalue weighted by Crippen LogP contribution is -2.38. The smallest absolute Gasteiger partial charge is 0.360 e. The Morgan fingerprint density at radius 2 is 1.82 bits per heavy atom. The van der Waals surface area contributed by atoms with E-state index < -0.39 is 11.7 Å². The standard InChI is InChI=1S/C21H18ClF3N2O/c22-14-5-6-16-17(12-26-19(16)11-14)20(28)27-9-7-13(8-10-27)15-3-1-2-4-18(15)21(23,24)25/h1-6,11-13,26H,7-10H2. The predicted octanol–water partition coefficient (Wildman–Crippen LogP) is 5.86. The lowest BCUT2D eigenvalue weighted by atomic mass is 9.86. The molecule has 1 saturated heterocycles. The largest absolute Gasteiger partial charge is 0.416 e. The maximum atomic E-state index is 13.3. The number of nitrogens with one attached hydrogen (secondary N) is 1. The van der Waals surface area contributed by atoms with E-state index in [1.807, 2.05) is 0 Å². The van der Waals surface area contributed by atoms with E-state index in [9.17, 15) is 18.0 Å². The van der Waals surface area contributed by atoms with Gasteiger partial charge < -0.3 is 9.88 Å². The first kappa shape index (κ1) is 18.9. The minimum absolute atomic E-state index is 0.115. The number of fused-ring (bicyclic) bond motifs is 1. The van der Waals surface area contributed by atoms with Crippen molar-refractivity contribution in [1.29, 1.82) is 0 Å². The third-order valence-corrected chi connectivity index (χ3v) is 5.60. The molecule has 7 heteroatoms. The van der Waals surface area contributed by atoms with Crippen LogP contribution in [0, 0.1) is 0 Å². The van der Waals surface area contributed by atoms with Crippen LogP contribution in [0.25, 0.3) is 10.9 Å². The highest BCUT2D eigenvalue weighted by molar-refractivity contribution is 6.31. The first-order valence-electron chi connectivity index (χ1n) is 9.06. The molecule has 3 nitrogen and oxygen atoms in total. The molecule has 4 rings (SSSR count). The normalized spacial score (nSPS) is 15.9. The number of hydrogen-bond acceptors (Lipinski definition) is 1. The van der Waals surface area contributed by atoms with Gasteiger partial charge in [-0.3, -0.25) is 4.79 Å². The molecule has 28 heavy (non-hydrogen) atoms. The van der Waals surface area contributed by atoms with Crippen molar-refractivity contribution >= 4 is 28.4 Å². The molecule has 1 aliphatic rings. The summed E-state index contributed by atoms with van der Waals surface area (Å²) in [5.41, 5.74) is 1.09. The lowest BCUT2D eigenvalue weighted by Gasteiger charge is -2.33. The van der Waals surface area contributed by atoms with Crippen LogP contribution in [-0.4, -0.2) is 28.9 Å². The van der Waals surface area contributed by atoms with Crippen molar-refractivity contribution in [3.8, 4) is 0 Å². The van der Waals surface area contributed by atoms with Gasteiger partial charge in [-0.15, -0.1) is 0 Å². The Bertz CT molecular complexity index is 1020. The summed E-state index contributed by atoms with van der Waals surface area (Å²) in [6, 6.07) is 11.0. The molecular weight excluding hydrogens is 389 g/mol. The number of aromatic nitrogens is 1. The number of alkyl halides is 3. The number of carbonyl (C=O) groups excluding carboxylic acids is 1. The summed E-state index contributed by atoms with van der Waals surface area (Å²) in [4.78, 5) is 17.7. The summed E-state index contributed by atoms with van der Waals surface area (Å²) < 4.78 is 39.9. The zero-order valence-corrected chi connectivity index (χ0v) is 15.6. The van der Waals surface area contributed by atoms with Crippen LogP contribution in [0.1, 0.15) is 40.2 Å². The Kier molecular flexibility index (Phi) is 4.83. The van der Waals surface area contributed by atoms with Crippen molar-refractivity contribution in [1.82, 2.24) is 9.88 Å². The highest BCUT2D eigenvalue weighted by atomic mass is 35.5. The van der Waals surface area contributed by atoms with Gasteiger partial charge in [0.05, 0.1) is 11.1 Å². The second-order valence-electron chi connectivity index (χ2n) is 7.04. The van der Waals surface area contributed by atoms with Crippen molar-refractivity contribution in [3.05, 3.63) is 70.4 Å². The van der Waals surface area contributed by atoms with E-state index in [0.717, 1.165) is 17.0 Å². The number of nitrogens with zero attached hydrogens (tertiary/aromatic N) is 1. The third kappa shape index (κ3) is 3.49. The number of amides is 1. The Labute approximate surface area is 165 Å². The third-order valence-electron chi connectivity index (χ3n) is 5.36. The molecule has 0 spiro atoms. The second-order valence-corrected chi connectivity index (χ2v) is 7.48. The fraction of sp³-hybridized carbons (Fsp3) is 0.286. The summed E-state index contributed by atoms with van der Waals surface area (Å²) in [5, 5.41) is 1.37. The number of aromatic amines is 1. The van der Waals surface area contributed by atoms with Crippen LogP contribution < -0.4 is 0 Å². The van der Waals surface area contributed by atoms with Crippen molar-refractivity contribution in [3.63, 3.8) is 0 Å². The van der Waals surface area contributed by atoms with Gasteiger partial charge >= 0.3 is 6.18 Å².